The summed E-state index contributed by atoms with van der Waals surface area (Å²) in [6.45, 7) is 5.05. The zero-order chi connectivity index (χ0) is 14.9. The molecule has 1 aromatic heterocycles. The minimum Gasteiger partial charge on any atom is -0.507 e. The minimum absolute atomic E-state index is 0.171. The molecule has 20 heavy (non-hydrogen) atoms. The van der Waals surface area contributed by atoms with Crippen LogP contribution in [0.5, 0.6) is 5.75 Å². The maximum atomic E-state index is 12.4. The Kier molecular flexibility index (Phi) is 3.74. The van der Waals surface area contributed by atoms with E-state index in [-0.39, 0.29) is 11.3 Å². The van der Waals surface area contributed by atoms with Crippen LogP contribution < -0.4 is 5.56 Å². The highest BCUT2D eigenvalue weighted by Crippen LogP contribution is 2.18. The summed E-state index contributed by atoms with van der Waals surface area (Å²) in [5, 5.41) is 9.76. The highest BCUT2D eigenvalue weighted by molar-refractivity contribution is 5.96. The number of aryl methyl sites for hydroxylation is 2. The molecule has 4 heteroatoms. The number of pyridine rings is 1. The third kappa shape index (κ3) is 2.37. The van der Waals surface area contributed by atoms with Crippen molar-refractivity contribution in [3.63, 3.8) is 0 Å². The molecule has 0 aliphatic carbocycles. The van der Waals surface area contributed by atoms with Gasteiger partial charge in [0, 0.05) is 17.4 Å². The van der Waals surface area contributed by atoms with Gasteiger partial charge in [0.05, 0.1) is 0 Å². The van der Waals surface area contributed by atoms with E-state index >= 15 is 0 Å². The molecular formula is C16H17NO3. The van der Waals surface area contributed by atoms with E-state index < -0.39 is 11.3 Å². The molecule has 1 N–H and O–H groups in total. The molecule has 4 nitrogen and oxygen atoms in total. The van der Waals surface area contributed by atoms with E-state index in [0.717, 1.165) is 6.42 Å². The molecule has 0 bridgehead atoms. The average molecular weight is 271 g/mol. The first kappa shape index (κ1) is 14.1. The number of hydrogen-bond acceptors (Lipinski definition) is 3. The van der Waals surface area contributed by atoms with Crippen LogP contribution in [-0.4, -0.2) is 15.5 Å². The Morgan fingerprint density at radius 3 is 2.35 bits per heavy atom. The fourth-order valence-corrected chi connectivity index (χ4v) is 2.25. The Morgan fingerprint density at radius 1 is 1.25 bits per heavy atom. The Balaban J connectivity index is 2.70. The van der Waals surface area contributed by atoms with Crippen LogP contribution in [0, 0.1) is 6.92 Å². The number of Topliss-reactive ketones (excluding diaryl/α,β-unsaturated/α-hetero) is 1. The number of aromatic hydroxyl groups is 1. The van der Waals surface area contributed by atoms with Crippen LogP contribution in [0.4, 0.5) is 0 Å². The molecule has 2 rings (SSSR count). The molecule has 0 fully saturated rings. The molecule has 2 aromatic rings. The standard InChI is InChI=1S/C16H17NO3/c1-4-12-5-7-13(8-6-12)17-10(2)9-14(19)15(11(3)18)16(17)20/h5-9,19H,4H2,1-3H3. The number of ketones is 1. The molecule has 1 heterocycles. The van der Waals surface area contributed by atoms with Crippen LogP contribution in [0.2, 0.25) is 0 Å². The predicted molar refractivity (Wildman–Crippen MR) is 77.8 cm³/mol. The van der Waals surface area contributed by atoms with E-state index in [1.54, 1.807) is 6.92 Å². The number of benzene rings is 1. The molecule has 0 saturated heterocycles. The van der Waals surface area contributed by atoms with Crippen LogP contribution >= 0.6 is 0 Å². The maximum absolute atomic E-state index is 12.4. The Morgan fingerprint density at radius 2 is 1.85 bits per heavy atom. The lowest BCUT2D eigenvalue weighted by Gasteiger charge is -2.13. The van der Waals surface area contributed by atoms with E-state index in [2.05, 4.69) is 6.92 Å². The molecule has 0 amide bonds. The summed E-state index contributed by atoms with van der Waals surface area (Å²) >= 11 is 0. The fourth-order valence-electron chi connectivity index (χ4n) is 2.25. The molecule has 0 unspecified atom stereocenters. The smallest absolute Gasteiger partial charge is 0.269 e. The topological polar surface area (TPSA) is 59.3 Å². The van der Waals surface area contributed by atoms with E-state index in [4.69, 9.17) is 0 Å². The molecule has 104 valence electrons. The monoisotopic (exact) mass is 271 g/mol. The first-order chi connectivity index (χ1) is 9.45. The van der Waals surface area contributed by atoms with Crippen molar-refractivity contribution in [1.82, 2.24) is 4.57 Å². The first-order valence-electron chi connectivity index (χ1n) is 6.51. The van der Waals surface area contributed by atoms with Gasteiger partial charge in [-0.05, 0) is 38.0 Å². The predicted octanol–water partition coefficient (Wildman–Crippen LogP) is 2.62. The summed E-state index contributed by atoms with van der Waals surface area (Å²) in [6.07, 6.45) is 0.919. The highest BCUT2D eigenvalue weighted by Gasteiger charge is 2.17. The summed E-state index contributed by atoms with van der Waals surface area (Å²) in [5.41, 5.74) is 1.79. The van der Waals surface area contributed by atoms with Crippen molar-refractivity contribution in [3.05, 3.63) is 57.5 Å². The van der Waals surface area contributed by atoms with Gasteiger partial charge in [0.15, 0.2) is 5.78 Å². The number of rotatable bonds is 3. The molecule has 1 aromatic carbocycles. The summed E-state index contributed by atoms with van der Waals surface area (Å²) in [4.78, 5) is 23.9. The van der Waals surface area contributed by atoms with Gasteiger partial charge in [-0.3, -0.25) is 14.2 Å². The van der Waals surface area contributed by atoms with Gasteiger partial charge in [-0.2, -0.15) is 0 Å². The number of aromatic nitrogens is 1. The normalized spacial score (nSPS) is 10.6. The van der Waals surface area contributed by atoms with Crippen molar-refractivity contribution in [2.75, 3.05) is 0 Å². The van der Waals surface area contributed by atoms with Gasteiger partial charge in [-0.25, -0.2) is 0 Å². The van der Waals surface area contributed by atoms with Gasteiger partial charge in [0.1, 0.15) is 11.3 Å². The van der Waals surface area contributed by atoms with E-state index in [1.807, 2.05) is 24.3 Å². The zero-order valence-electron chi connectivity index (χ0n) is 11.8. The fraction of sp³-hybridized carbons (Fsp3) is 0.250. The molecule has 0 saturated carbocycles. The van der Waals surface area contributed by atoms with Crippen molar-refractivity contribution in [2.24, 2.45) is 0 Å². The lowest BCUT2D eigenvalue weighted by molar-refractivity contribution is 0.101. The Bertz CT molecular complexity index is 712. The SMILES string of the molecule is CCc1ccc(-n2c(C)cc(O)c(C(C)=O)c2=O)cc1. The second kappa shape index (κ2) is 5.33. The van der Waals surface area contributed by atoms with Gasteiger partial charge in [0.2, 0.25) is 0 Å². The van der Waals surface area contributed by atoms with E-state index in [0.29, 0.717) is 11.4 Å². The number of nitrogens with zero attached hydrogens (tertiary/aromatic N) is 1. The summed E-state index contributed by atoms with van der Waals surface area (Å²) in [6, 6.07) is 9.01. The van der Waals surface area contributed by atoms with E-state index in [1.165, 1.54) is 23.1 Å². The van der Waals surface area contributed by atoms with E-state index in [9.17, 15) is 14.7 Å². The minimum atomic E-state index is -0.487. The molecule has 0 aliphatic heterocycles. The Hall–Kier alpha value is -2.36. The lowest BCUT2D eigenvalue weighted by atomic mass is 10.1. The van der Waals surface area contributed by atoms with Gasteiger partial charge in [-0.15, -0.1) is 0 Å². The molecular weight excluding hydrogens is 254 g/mol. The third-order valence-electron chi connectivity index (χ3n) is 3.33. The van der Waals surface area contributed by atoms with Crippen molar-refractivity contribution < 1.29 is 9.90 Å². The summed E-state index contributed by atoms with van der Waals surface area (Å²) in [7, 11) is 0. The van der Waals surface area contributed by atoms with Crippen LogP contribution in [0.15, 0.2) is 35.1 Å². The molecule has 0 radical (unpaired) electrons. The van der Waals surface area contributed by atoms with Crippen LogP contribution in [0.3, 0.4) is 0 Å². The largest absolute Gasteiger partial charge is 0.507 e. The third-order valence-corrected chi connectivity index (χ3v) is 3.33. The lowest BCUT2D eigenvalue weighted by Crippen LogP contribution is -2.26. The van der Waals surface area contributed by atoms with Crippen molar-refractivity contribution in [1.29, 1.82) is 0 Å². The van der Waals surface area contributed by atoms with Gasteiger partial charge in [0.25, 0.3) is 5.56 Å². The molecule has 0 aliphatic rings. The molecule has 0 atom stereocenters. The summed E-state index contributed by atoms with van der Waals surface area (Å²) < 4.78 is 1.44. The summed E-state index contributed by atoms with van der Waals surface area (Å²) in [5.74, 6) is -0.701. The van der Waals surface area contributed by atoms with Gasteiger partial charge >= 0.3 is 0 Å². The number of carbonyl (C=O) groups excluding carboxylic acids is 1. The zero-order valence-corrected chi connectivity index (χ0v) is 11.8. The van der Waals surface area contributed by atoms with Crippen LogP contribution in [0.25, 0.3) is 5.69 Å². The maximum Gasteiger partial charge on any atom is 0.269 e. The number of hydrogen-bond donors (Lipinski definition) is 1. The van der Waals surface area contributed by atoms with Crippen molar-refractivity contribution in [3.8, 4) is 11.4 Å². The molecule has 0 spiro atoms. The highest BCUT2D eigenvalue weighted by atomic mass is 16.3. The Labute approximate surface area is 117 Å². The van der Waals surface area contributed by atoms with Gasteiger partial charge in [-0.1, -0.05) is 19.1 Å². The van der Waals surface area contributed by atoms with Crippen molar-refractivity contribution >= 4 is 5.78 Å². The van der Waals surface area contributed by atoms with Crippen LogP contribution in [0.1, 0.15) is 35.5 Å². The quantitative estimate of drug-likeness (QED) is 0.873. The second-order valence-corrected chi connectivity index (χ2v) is 4.76. The first-order valence-corrected chi connectivity index (χ1v) is 6.51. The van der Waals surface area contributed by atoms with Gasteiger partial charge < -0.3 is 5.11 Å². The second-order valence-electron chi connectivity index (χ2n) is 4.76. The van der Waals surface area contributed by atoms with Crippen LogP contribution in [-0.2, 0) is 6.42 Å². The average Bonchev–Trinajstić information content (AvgIpc) is 2.38. The van der Waals surface area contributed by atoms with Crippen molar-refractivity contribution in [2.45, 2.75) is 27.2 Å². The number of carbonyl (C=O) groups is 1.